The summed E-state index contributed by atoms with van der Waals surface area (Å²) in [6.45, 7) is 2.83. The number of hydrogen-bond acceptors (Lipinski definition) is 6. The Labute approximate surface area is 150 Å². The van der Waals surface area contributed by atoms with Crippen LogP contribution in [0.2, 0.25) is 10.0 Å². The SMILES string of the molecule is CN1CCNCC1c1noc(COc2c(Cl)cccc2Cl)n1.Cl. The first-order chi connectivity index (χ1) is 10.6. The second-order valence-electron chi connectivity index (χ2n) is 5.09. The third-order valence-corrected chi connectivity index (χ3v) is 4.15. The lowest BCUT2D eigenvalue weighted by Gasteiger charge is -2.30. The molecular formula is C14H17Cl3N4O2. The second kappa shape index (κ2) is 8.17. The Morgan fingerprint density at radius 2 is 2.13 bits per heavy atom. The van der Waals surface area contributed by atoms with Crippen molar-refractivity contribution in [3.8, 4) is 5.75 Å². The van der Waals surface area contributed by atoms with Gasteiger partial charge in [-0.3, -0.25) is 4.90 Å². The Morgan fingerprint density at radius 3 is 2.83 bits per heavy atom. The summed E-state index contributed by atoms with van der Waals surface area (Å²) >= 11 is 12.1. The summed E-state index contributed by atoms with van der Waals surface area (Å²) in [6, 6.07) is 5.29. The lowest BCUT2D eigenvalue weighted by atomic mass is 10.2. The molecular weight excluding hydrogens is 363 g/mol. The first kappa shape index (κ1) is 18.3. The standard InChI is InChI=1S/C14H16Cl2N4O2.ClH/c1-20-6-5-17-7-11(20)14-18-12(22-19-14)8-21-13-9(15)3-2-4-10(13)16;/h2-4,11,17H,5-8H2,1H3;1H. The van der Waals surface area contributed by atoms with Crippen LogP contribution < -0.4 is 10.1 Å². The highest BCUT2D eigenvalue weighted by Crippen LogP contribution is 2.32. The summed E-state index contributed by atoms with van der Waals surface area (Å²) in [5.74, 6) is 1.46. The molecule has 1 N–H and O–H groups in total. The average Bonchev–Trinajstić information content (AvgIpc) is 2.96. The van der Waals surface area contributed by atoms with Gasteiger partial charge in [-0.15, -0.1) is 12.4 Å². The van der Waals surface area contributed by atoms with Crippen molar-refractivity contribution in [1.29, 1.82) is 0 Å². The van der Waals surface area contributed by atoms with Crippen LogP contribution in [-0.4, -0.2) is 41.7 Å². The van der Waals surface area contributed by atoms with Crippen LogP contribution in [0.25, 0.3) is 0 Å². The van der Waals surface area contributed by atoms with Crippen molar-refractivity contribution in [1.82, 2.24) is 20.4 Å². The van der Waals surface area contributed by atoms with Gasteiger partial charge >= 0.3 is 0 Å². The molecule has 1 aliphatic rings. The molecule has 1 aromatic heterocycles. The van der Waals surface area contributed by atoms with E-state index in [9.17, 15) is 0 Å². The molecule has 0 aliphatic carbocycles. The summed E-state index contributed by atoms with van der Waals surface area (Å²) < 4.78 is 10.8. The average molecular weight is 380 g/mol. The molecule has 0 radical (unpaired) electrons. The number of para-hydroxylation sites is 1. The molecule has 0 saturated carbocycles. The normalized spacial score (nSPS) is 18.5. The lowest BCUT2D eigenvalue weighted by molar-refractivity contribution is 0.189. The van der Waals surface area contributed by atoms with Crippen LogP contribution in [-0.2, 0) is 6.61 Å². The van der Waals surface area contributed by atoms with Crippen molar-refractivity contribution in [3.05, 3.63) is 40.0 Å². The minimum atomic E-state index is 0. The Bertz CT molecular complexity index is 632. The molecule has 3 rings (SSSR count). The second-order valence-corrected chi connectivity index (χ2v) is 5.90. The van der Waals surface area contributed by atoms with Gasteiger partial charge in [0.25, 0.3) is 5.89 Å². The van der Waals surface area contributed by atoms with E-state index in [4.69, 9.17) is 32.5 Å². The first-order valence-electron chi connectivity index (χ1n) is 6.95. The maximum Gasteiger partial charge on any atom is 0.264 e. The molecule has 0 bridgehead atoms. The minimum Gasteiger partial charge on any atom is -0.481 e. The predicted molar refractivity (Wildman–Crippen MR) is 90.6 cm³/mol. The van der Waals surface area contributed by atoms with E-state index in [1.165, 1.54) is 0 Å². The number of likely N-dealkylation sites (N-methyl/N-ethyl adjacent to an activating group) is 1. The van der Waals surface area contributed by atoms with Crippen molar-refractivity contribution in [3.63, 3.8) is 0 Å². The van der Waals surface area contributed by atoms with Gasteiger partial charge in [-0.1, -0.05) is 34.4 Å². The van der Waals surface area contributed by atoms with Crippen LogP contribution in [0.4, 0.5) is 0 Å². The van der Waals surface area contributed by atoms with Gasteiger partial charge in [-0.25, -0.2) is 0 Å². The number of hydrogen-bond donors (Lipinski definition) is 1. The van der Waals surface area contributed by atoms with Gasteiger partial charge in [0.05, 0.1) is 16.1 Å². The van der Waals surface area contributed by atoms with E-state index in [-0.39, 0.29) is 25.1 Å². The molecule has 1 saturated heterocycles. The zero-order valence-corrected chi connectivity index (χ0v) is 14.8. The van der Waals surface area contributed by atoms with Gasteiger partial charge in [0.2, 0.25) is 0 Å². The van der Waals surface area contributed by atoms with E-state index in [1.54, 1.807) is 18.2 Å². The van der Waals surface area contributed by atoms with Crippen LogP contribution in [0, 0.1) is 0 Å². The van der Waals surface area contributed by atoms with Crippen LogP contribution in [0.1, 0.15) is 17.8 Å². The Balaban J connectivity index is 0.00000192. The smallest absolute Gasteiger partial charge is 0.264 e. The third kappa shape index (κ3) is 4.28. The number of benzene rings is 1. The van der Waals surface area contributed by atoms with Crippen LogP contribution in [0.15, 0.2) is 22.7 Å². The largest absolute Gasteiger partial charge is 0.481 e. The van der Waals surface area contributed by atoms with Crippen LogP contribution >= 0.6 is 35.6 Å². The van der Waals surface area contributed by atoms with Crippen molar-refractivity contribution in [2.45, 2.75) is 12.6 Å². The van der Waals surface area contributed by atoms with Gasteiger partial charge in [-0.2, -0.15) is 4.98 Å². The molecule has 1 fully saturated rings. The van der Waals surface area contributed by atoms with Gasteiger partial charge in [0.1, 0.15) is 0 Å². The van der Waals surface area contributed by atoms with Gasteiger partial charge in [-0.05, 0) is 19.2 Å². The molecule has 9 heteroatoms. The number of halogens is 3. The summed E-state index contributed by atoms with van der Waals surface area (Å²) in [7, 11) is 2.04. The molecule has 6 nitrogen and oxygen atoms in total. The highest BCUT2D eigenvalue weighted by Gasteiger charge is 2.25. The maximum atomic E-state index is 6.05. The predicted octanol–water partition coefficient (Wildman–Crippen LogP) is 2.95. The number of rotatable bonds is 4. The third-order valence-electron chi connectivity index (χ3n) is 3.55. The zero-order chi connectivity index (χ0) is 15.5. The van der Waals surface area contributed by atoms with E-state index in [0.29, 0.717) is 27.5 Å². The van der Waals surface area contributed by atoms with Crippen LogP contribution in [0.3, 0.4) is 0 Å². The molecule has 126 valence electrons. The summed E-state index contributed by atoms with van der Waals surface area (Å²) in [5, 5.41) is 8.25. The first-order valence-corrected chi connectivity index (χ1v) is 7.71. The van der Waals surface area contributed by atoms with Crippen molar-refractivity contribution in [2.75, 3.05) is 26.7 Å². The summed E-state index contributed by atoms with van der Waals surface area (Å²) in [6.07, 6.45) is 0. The highest BCUT2D eigenvalue weighted by molar-refractivity contribution is 6.37. The molecule has 1 atom stereocenters. The van der Waals surface area contributed by atoms with E-state index in [2.05, 4.69) is 20.4 Å². The van der Waals surface area contributed by atoms with E-state index in [1.807, 2.05) is 7.05 Å². The van der Waals surface area contributed by atoms with Crippen molar-refractivity contribution < 1.29 is 9.26 Å². The van der Waals surface area contributed by atoms with Crippen LogP contribution in [0.5, 0.6) is 5.75 Å². The molecule has 0 spiro atoms. The molecule has 23 heavy (non-hydrogen) atoms. The number of ether oxygens (including phenoxy) is 1. The molecule has 2 heterocycles. The van der Waals surface area contributed by atoms with E-state index in [0.717, 1.165) is 19.6 Å². The monoisotopic (exact) mass is 378 g/mol. The highest BCUT2D eigenvalue weighted by atomic mass is 35.5. The summed E-state index contributed by atoms with van der Waals surface area (Å²) in [5.41, 5.74) is 0. The number of nitrogens with zero attached hydrogens (tertiary/aromatic N) is 3. The van der Waals surface area contributed by atoms with E-state index < -0.39 is 0 Å². The zero-order valence-electron chi connectivity index (χ0n) is 12.5. The maximum absolute atomic E-state index is 6.05. The quantitative estimate of drug-likeness (QED) is 0.881. The molecule has 1 aliphatic heterocycles. The number of piperazine rings is 1. The fourth-order valence-electron chi connectivity index (χ4n) is 2.31. The van der Waals surface area contributed by atoms with Gasteiger partial charge in [0.15, 0.2) is 18.2 Å². The van der Waals surface area contributed by atoms with E-state index >= 15 is 0 Å². The molecule has 1 aromatic carbocycles. The lowest BCUT2D eigenvalue weighted by Crippen LogP contribution is -2.44. The fourth-order valence-corrected chi connectivity index (χ4v) is 2.82. The molecule has 2 aromatic rings. The minimum absolute atomic E-state index is 0. The van der Waals surface area contributed by atoms with Crippen molar-refractivity contribution in [2.24, 2.45) is 0 Å². The van der Waals surface area contributed by atoms with Crippen molar-refractivity contribution >= 4 is 35.6 Å². The summed E-state index contributed by atoms with van der Waals surface area (Å²) in [4.78, 5) is 6.58. The Morgan fingerprint density at radius 1 is 1.39 bits per heavy atom. The topological polar surface area (TPSA) is 63.4 Å². The number of nitrogens with one attached hydrogen (secondary N) is 1. The fraction of sp³-hybridized carbons (Fsp3) is 0.429. The Kier molecular flexibility index (Phi) is 6.50. The number of aromatic nitrogens is 2. The Hall–Kier alpha value is -1.05. The molecule has 0 amide bonds. The van der Waals surface area contributed by atoms with Gasteiger partial charge < -0.3 is 14.6 Å². The molecule has 1 unspecified atom stereocenters. The van der Waals surface area contributed by atoms with Gasteiger partial charge in [0, 0.05) is 19.6 Å².